The monoisotopic (exact) mass is 279 g/mol. The summed E-state index contributed by atoms with van der Waals surface area (Å²) in [6.07, 6.45) is 2.21. The summed E-state index contributed by atoms with van der Waals surface area (Å²) in [5.74, 6) is -1.86. The molecule has 1 saturated carbocycles. The molecule has 1 amide bonds. The number of carbonyl (C=O) groups excluding carboxylic acids is 1. The van der Waals surface area contributed by atoms with Gasteiger partial charge in [0.2, 0.25) is 5.91 Å². The second kappa shape index (κ2) is 4.53. The molecule has 4 nitrogen and oxygen atoms in total. The van der Waals surface area contributed by atoms with Crippen molar-refractivity contribution >= 4 is 23.5 Å². The Bertz CT molecular complexity index is 558. The highest BCUT2D eigenvalue weighted by Gasteiger charge is 2.48. The quantitative estimate of drug-likeness (QED) is 0.891. The summed E-state index contributed by atoms with van der Waals surface area (Å²) in [6.45, 7) is 0. The van der Waals surface area contributed by atoms with E-state index in [0.717, 1.165) is 18.4 Å². The number of carboxylic acids is 1. The van der Waals surface area contributed by atoms with E-state index in [9.17, 15) is 9.59 Å². The van der Waals surface area contributed by atoms with Gasteiger partial charge in [-0.05, 0) is 42.5 Å². The van der Waals surface area contributed by atoms with Gasteiger partial charge in [0.15, 0.2) is 0 Å². The van der Waals surface area contributed by atoms with Crippen LogP contribution in [0.2, 0.25) is 5.02 Å². The minimum Gasteiger partial charge on any atom is -0.481 e. The van der Waals surface area contributed by atoms with Crippen molar-refractivity contribution in [3.8, 4) is 0 Å². The topological polar surface area (TPSA) is 66.4 Å². The van der Waals surface area contributed by atoms with Crippen molar-refractivity contribution in [1.82, 2.24) is 5.32 Å². The smallest absolute Gasteiger partial charge is 0.307 e. The Balaban J connectivity index is 1.67. The summed E-state index contributed by atoms with van der Waals surface area (Å²) in [7, 11) is 0. The Hall–Kier alpha value is -1.55. The number of halogens is 1. The fraction of sp³-hybridized carbons (Fsp3) is 0.429. The zero-order valence-corrected chi connectivity index (χ0v) is 11.0. The lowest BCUT2D eigenvalue weighted by atomic mass is 10.1. The van der Waals surface area contributed by atoms with Crippen LogP contribution in [0.25, 0.3) is 0 Å². The number of benzene rings is 1. The summed E-state index contributed by atoms with van der Waals surface area (Å²) in [5.41, 5.74) is 2.27. The van der Waals surface area contributed by atoms with Crippen molar-refractivity contribution in [1.29, 1.82) is 0 Å². The van der Waals surface area contributed by atoms with Crippen LogP contribution in [-0.2, 0) is 16.0 Å². The number of hydrogen-bond donors (Lipinski definition) is 2. The number of carboxylic acid groups (broad SMARTS) is 1. The van der Waals surface area contributed by atoms with Crippen molar-refractivity contribution in [2.75, 3.05) is 0 Å². The molecule has 0 aliphatic heterocycles. The summed E-state index contributed by atoms with van der Waals surface area (Å²) in [5, 5.41) is 12.5. The zero-order chi connectivity index (χ0) is 13.6. The van der Waals surface area contributed by atoms with Crippen LogP contribution in [0.1, 0.15) is 30.0 Å². The number of hydrogen-bond acceptors (Lipinski definition) is 2. The van der Waals surface area contributed by atoms with Gasteiger partial charge in [0, 0.05) is 5.02 Å². The minimum absolute atomic E-state index is 0.00480. The van der Waals surface area contributed by atoms with Crippen LogP contribution in [0.4, 0.5) is 0 Å². The van der Waals surface area contributed by atoms with Crippen LogP contribution < -0.4 is 5.32 Å². The third kappa shape index (κ3) is 2.32. The van der Waals surface area contributed by atoms with E-state index in [1.54, 1.807) is 0 Å². The van der Waals surface area contributed by atoms with Gasteiger partial charge >= 0.3 is 5.97 Å². The third-order valence-corrected chi connectivity index (χ3v) is 4.18. The molecule has 1 aromatic rings. The highest BCUT2D eigenvalue weighted by Crippen LogP contribution is 2.40. The predicted molar refractivity (Wildman–Crippen MR) is 69.9 cm³/mol. The number of amides is 1. The molecule has 0 aromatic heterocycles. The number of aliphatic carboxylic acids is 1. The first-order valence-electron chi connectivity index (χ1n) is 6.38. The Morgan fingerprint density at radius 1 is 1.32 bits per heavy atom. The van der Waals surface area contributed by atoms with Gasteiger partial charge in [-0.2, -0.15) is 0 Å². The van der Waals surface area contributed by atoms with Gasteiger partial charge in [-0.15, -0.1) is 0 Å². The molecule has 1 aromatic carbocycles. The molecule has 5 heteroatoms. The van der Waals surface area contributed by atoms with E-state index < -0.39 is 11.9 Å². The van der Waals surface area contributed by atoms with Gasteiger partial charge in [0.1, 0.15) is 0 Å². The first-order chi connectivity index (χ1) is 9.06. The highest BCUT2D eigenvalue weighted by molar-refractivity contribution is 6.30. The van der Waals surface area contributed by atoms with Crippen molar-refractivity contribution < 1.29 is 14.7 Å². The zero-order valence-electron chi connectivity index (χ0n) is 10.2. The molecule has 2 N–H and O–H groups in total. The fourth-order valence-electron chi connectivity index (χ4n) is 2.77. The molecule has 2 aliphatic carbocycles. The summed E-state index contributed by atoms with van der Waals surface area (Å²) >= 11 is 5.94. The molecule has 0 heterocycles. The van der Waals surface area contributed by atoms with Gasteiger partial charge in [-0.1, -0.05) is 17.7 Å². The average molecular weight is 280 g/mol. The molecular formula is C14H14ClNO3. The largest absolute Gasteiger partial charge is 0.481 e. The lowest BCUT2D eigenvalue weighted by Gasteiger charge is -2.14. The first kappa shape index (κ1) is 12.5. The molecular weight excluding hydrogens is 266 g/mol. The molecule has 19 heavy (non-hydrogen) atoms. The molecule has 1 fully saturated rings. The van der Waals surface area contributed by atoms with E-state index >= 15 is 0 Å². The maximum atomic E-state index is 12.0. The van der Waals surface area contributed by atoms with Crippen LogP contribution in [-0.4, -0.2) is 17.0 Å². The first-order valence-corrected chi connectivity index (χ1v) is 6.75. The number of carbonyl (C=O) groups is 2. The summed E-state index contributed by atoms with van der Waals surface area (Å²) < 4.78 is 0. The molecule has 0 saturated heterocycles. The van der Waals surface area contributed by atoms with E-state index in [1.165, 1.54) is 5.56 Å². The predicted octanol–water partition coefficient (Wildman–Crippen LogP) is 2.16. The van der Waals surface area contributed by atoms with Gasteiger partial charge < -0.3 is 10.4 Å². The minimum atomic E-state index is -0.876. The van der Waals surface area contributed by atoms with Gasteiger partial charge in [0.05, 0.1) is 17.9 Å². The molecule has 0 unspecified atom stereocenters. The normalized spacial score (nSPS) is 27.7. The molecule has 3 atom stereocenters. The lowest BCUT2D eigenvalue weighted by Crippen LogP contribution is -2.29. The van der Waals surface area contributed by atoms with E-state index in [4.69, 9.17) is 16.7 Å². The van der Waals surface area contributed by atoms with Crippen LogP contribution in [0, 0.1) is 11.8 Å². The van der Waals surface area contributed by atoms with Crippen molar-refractivity contribution in [3.63, 3.8) is 0 Å². The fourth-order valence-corrected chi connectivity index (χ4v) is 2.97. The van der Waals surface area contributed by atoms with E-state index in [2.05, 4.69) is 5.32 Å². The van der Waals surface area contributed by atoms with E-state index in [-0.39, 0.29) is 17.9 Å². The molecule has 2 aliphatic rings. The van der Waals surface area contributed by atoms with Crippen LogP contribution in [0.15, 0.2) is 18.2 Å². The van der Waals surface area contributed by atoms with Crippen molar-refractivity contribution in [3.05, 3.63) is 34.3 Å². The maximum Gasteiger partial charge on any atom is 0.307 e. The average Bonchev–Trinajstić information content (AvgIpc) is 3.08. The third-order valence-electron chi connectivity index (χ3n) is 3.94. The SMILES string of the molecule is O=C(O)[C@@H]1C[C@H]1C(=O)N[C@@H]1CCc2cc(Cl)ccc21. The molecule has 0 radical (unpaired) electrons. The maximum absolute atomic E-state index is 12.0. The van der Waals surface area contributed by atoms with E-state index in [1.807, 2.05) is 18.2 Å². The summed E-state index contributed by atoms with van der Waals surface area (Å²) in [6, 6.07) is 5.69. The molecule has 0 spiro atoms. The second-order valence-electron chi connectivity index (χ2n) is 5.23. The second-order valence-corrected chi connectivity index (χ2v) is 5.67. The molecule has 100 valence electrons. The van der Waals surface area contributed by atoms with Crippen molar-refractivity contribution in [2.45, 2.75) is 25.3 Å². The Morgan fingerprint density at radius 2 is 2.11 bits per heavy atom. The standard InChI is InChI=1S/C14H14ClNO3/c15-8-2-3-9-7(5-8)1-4-12(9)16-13(17)10-6-11(10)14(18)19/h2-3,5,10-12H,1,4,6H2,(H,16,17)(H,18,19)/t10-,11-,12-/m1/s1. The van der Waals surface area contributed by atoms with Gasteiger partial charge in [-0.25, -0.2) is 0 Å². The Kier molecular flexibility index (Phi) is 2.97. The number of aryl methyl sites for hydroxylation is 1. The van der Waals surface area contributed by atoms with Crippen LogP contribution in [0.5, 0.6) is 0 Å². The summed E-state index contributed by atoms with van der Waals surface area (Å²) in [4.78, 5) is 22.7. The van der Waals surface area contributed by atoms with Crippen molar-refractivity contribution in [2.24, 2.45) is 11.8 Å². The number of rotatable bonds is 3. The molecule has 3 rings (SSSR count). The van der Waals surface area contributed by atoms with Crippen LogP contribution >= 0.6 is 11.6 Å². The lowest BCUT2D eigenvalue weighted by molar-refractivity contribution is -0.140. The number of fused-ring (bicyclic) bond motifs is 1. The Morgan fingerprint density at radius 3 is 2.79 bits per heavy atom. The highest BCUT2D eigenvalue weighted by atomic mass is 35.5. The van der Waals surface area contributed by atoms with Crippen LogP contribution in [0.3, 0.4) is 0 Å². The number of nitrogens with one attached hydrogen (secondary N) is 1. The van der Waals surface area contributed by atoms with Gasteiger partial charge in [0.25, 0.3) is 0 Å². The molecule has 0 bridgehead atoms. The Labute approximate surface area is 115 Å². The van der Waals surface area contributed by atoms with E-state index in [0.29, 0.717) is 11.4 Å². The van der Waals surface area contributed by atoms with Gasteiger partial charge in [-0.3, -0.25) is 9.59 Å².